The molecule has 3 nitrogen and oxygen atoms in total. The Morgan fingerprint density at radius 2 is 2.00 bits per heavy atom. The zero-order valence-electron chi connectivity index (χ0n) is 11.7. The number of aromatic nitrogens is 1. The minimum atomic E-state index is -0.540. The summed E-state index contributed by atoms with van der Waals surface area (Å²) in [6.07, 6.45) is 8.59. The second-order valence-electron chi connectivity index (χ2n) is 5.87. The van der Waals surface area contributed by atoms with Crippen LogP contribution in [0.15, 0.2) is 12.3 Å². The van der Waals surface area contributed by atoms with Gasteiger partial charge in [-0.1, -0.05) is 37.3 Å². The van der Waals surface area contributed by atoms with Crippen LogP contribution in [0.4, 0.5) is 5.69 Å². The standard InChI is InChI=1S/C14H22BClN2O/c1-10(19)11-9-17-13(16)8-12(11)18-14(15)6-4-2-3-5-7-14/h8-10,19H,2-7,15H2,1H3,(H,17,18). The molecule has 0 amide bonds. The van der Waals surface area contributed by atoms with E-state index >= 15 is 0 Å². The maximum atomic E-state index is 9.84. The molecule has 0 aromatic carbocycles. The largest absolute Gasteiger partial charge is 0.389 e. The van der Waals surface area contributed by atoms with Gasteiger partial charge in [-0.25, -0.2) is 4.98 Å². The number of aliphatic hydroxyl groups is 1. The topological polar surface area (TPSA) is 45.2 Å². The van der Waals surface area contributed by atoms with E-state index in [9.17, 15) is 5.11 Å². The average Bonchev–Trinajstić information content (AvgIpc) is 2.53. The third-order valence-corrected chi connectivity index (χ3v) is 4.20. The predicted octanol–water partition coefficient (Wildman–Crippen LogP) is 2.88. The lowest BCUT2D eigenvalue weighted by molar-refractivity contribution is 0.199. The zero-order valence-corrected chi connectivity index (χ0v) is 12.5. The van der Waals surface area contributed by atoms with Crippen molar-refractivity contribution in [3.63, 3.8) is 0 Å². The molecule has 19 heavy (non-hydrogen) atoms. The minimum absolute atomic E-state index is 0.0881. The van der Waals surface area contributed by atoms with Gasteiger partial charge in [0, 0.05) is 22.9 Å². The van der Waals surface area contributed by atoms with Crippen LogP contribution in [0.25, 0.3) is 0 Å². The van der Waals surface area contributed by atoms with E-state index in [1.807, 2.05) is 6.07 Å². The first-order valence-electron chi connectivity index (χ1n) is 7.12. The van der Waals surface area contributed by atoms with Crippen LogP contribution in [0.3, 0.4) is 0 Å². The SMILES string of the molecule is BC1(Nc2cc(Cl)ncc2C(C)O)CCCCCC1. The van der Waals surface area contributed by atoms with Gasteiger partial charge in [0.25, 0.3) is 0 Å². The van der Waals surface area contributed by atoms with E-state index in [1.165, 1.54) is 25.7 Å². The number of aliphatic hydroxyl groups excluding tert-OH is 1. The van der Waals surface area contributed by atoms with Crippen LogP contribution < -0.4 is 5.32 Å². The molecular formula is C14H22BClN2O. The number of nitrogens with zero attached hydrogens (tertiary/aromatic N) is 1. The molecular weight excluding hydrogens is 258 g/mol. The maximum absolute atomic E-state index is 9.84. The first-order chi connectivity index (χ1) is 9.00. The fraction of sp³-hybridized carbons (Fsp3) is 0.643. The Balaban J connectivity index is 2.23. The van der Waals surface area contributed by atoms with Gasteiger partial charge in [-0.15, -0.1) is 0 Å². The highest BCUT2D eigenvalue weighted by molar-refractivity contribution is 6.29. The lowest BCUT2D eigenvalue weighted by atomic mass is 9.71. The maximum Gasteiger partial charge on any atom is 0.134 e. The Morgan fingerprint density at radius 1 is 1.37 bits per heavy atom. The second-order valence-corrected chi connectivity index (χ2v) is 6.26. The van der Waals surface area contributed by atoms with Crippen LogP contribution in [0.1, 0.15) is 57.1 Å². The van der Waals surface area contributed by atoms with Crippen molar-refractivity contribution in [2.24, 2.45) is 0 Å². The molecule has 0 bridgehead atoms. The molecule has 1 aromatic heterocycles. The molecule has 1 fully saturated rings. The van der Waals surface area contributed by atoms with Gasteiger partial charge in [0.1, 0.15) is 13.0 Å². The average molecular weight is 281 g/mol. The third kappa shape index (κ3) is 3.86. The molecule has 104 valence electrons. The Kier molecular flexibility index (Phi) is 4.74. The Bertz CT molecular complexity index is 431. The normalized spacial score (nSPS) is 20.6. The monoisotopic (exact) mass is 280 g/mol. The highest BCUT2D eigenvalue weighted by Crippen LogP contribution is 2.32. The van der Waals surface area contributed by atoms with E-state index in [0.29, 0.717) is 5.15 Å². The summed E-state index contributed by atoms with van der Waals surface area (Å²) in [4.78, 5) is 4.06. The van der Waals surface area contributed by atoms with Crippen molar-refractivity contribution in [2.45, 2.75) is 57.0 Å². The van der Waals surface area contributed by atoms with E-state index in [-0.39, 0.29) is 5.44 Å². The number of nitrogens with one attached hydrogen (secondary N) is 1. The van der Waals surface area contributed by atoms with Gasteiger partial charge >= 0.3 is 0 Å². The van der Waals surface area contributed by atoms with Crippen molar-refractivity contribution in [3.05, 3.63) is 23.0 Å². The van der Waals surface area contributed by atoms with Crippen molar-refractivity contribution in [1.82, 2.24) is 4.98 Å². The number of pyridine rings is 1. The van der Waals surface area contributed by atoms with E-state index in [2.05, 4.69) is 18.1 Å². The van der Waals surface area contributed by atoms with Crippen LogP contribution in [0.2, 0.25) is 5.15 Å². The molecule has 0 aliphatic heterocycles. The van der Waals surface area contributed by atoms with Crippen molar-refractivity contribution >= 4 is 25.1 Å². The Morgan fingerprint density at radius 3 is 2.58 bits per heavy atom. The molecule has 1 aliphatic rings. The van der Waals surface area contributed by atoms with E-state index in [1.54, 1.807) is 13.1 Å². The van der Waals surface area contributed by atoms with Crippen molar-refractivity contribution in [3.8, 4) is 0 Å². The molecule has 0 radical (unpaired) electrons. The number of anilines is 1. The summed E-state index contributed by atoms with van der Waals surface area (Å²) in [6.45, 7) is 1.76. The molecule has 1 heterocycles. The summed E-state index contributed by atoms with van der Waals surface area (Å²) in [7, 11) is 2.26. The van der Waals surface area contributed by atoms with Crippen molar-refractivity contribution < 1.29 is 5.11 Å². The molecule has 0 saturated heterocycles. The fourth-order valence-electron chi connectivity index (χ4n) is 2.84. The summed E-state index contributed by atoms with van der Waals surface area (Å²) < 4.78 is 0. The molecule has 1 atom stereocenters. The highest BCUT2D eigenvalue weighted by Gasteiger charge is 2.26. The Hall–Kier alpha value is -0.735. The summed E-state index contributed by atoms with van der Waals surface area (Å²) >= 11 is 5.98. The molecule has 1 aliphatic carbocycles. The van der Waals surface area contributed by atoms with Crippen LogP contribution in [-0.2, 0) is 0 Å². The van der Waals surface area contributed by atoms with Crippen molar-refractivity contribution in [1.29, 1.82) is 0 Å². The highest BCUT2D eigenvalue weighted by atomic mass is 35.5. The third-order valence-electron chi connectivity index (χ3n) is 4.00. The predicted molar refractivity (Wildman–Crippen MR) is 82.5 cm³/mol. The molecule has 5 heteroatoms. The number of hydrogen-bond acceptors (Lipinski definition) is 3. The molecule has 1 unspecified atom stereocenters. The van der Waals surface area contributed by atoms with Crippen molar-refractivity contribution in [2.75, 3.05) is 5.32 Å². The van der Waals surface area contributed by atoms with Gasteiger partial charge in [-0.3, -0.25) is 0 Å². The lowest BCUT2D eigenvalue weighted by Gasteiger charge is -2.32. The first kappa shape index (κ1) is 14.7. The fourth-order valence-corrected chi connectivity index (χ4v) is 3.00. The van der Waals surface area contributed by atoms with Crippen LogP contribution in [-0.4, -0.2) is 23.4 Å². The summed E-state index contributed by atoms with van der Waals surface area (Å²) in [5.74, 6) is 0. The van der Waals surface area contributed by atoms with Crippen LogP contribution in [0, 0.1) is 0 Å². The van der Waals surface area contributed by atoms with Crippen LogP contribution >= 0.6 is 11.6 Å². The molecule has 2 N–H and O–H groups in total. The molecule has 1 aromatic rings. The zero-order chi connectivity index (χ0) is 13.9. The minimum Gasteiger partial charge on any atom is -0.389 e. The van der Waals surface area contributed by atoms with Crippen LogP contribution in [0.5, 0.6) is 0 Å². The quantitative estimate of drug-likeness (QED) is 0.508. The van der Waals surface area contributed by atoms with Gasteiger partial charge in [0.05, 0.1) is 6.10 Å². The van der Waals surface area contributed by atoms with E-state index < -0.39 is 6.10 Å². The molecule has 0 spiro atoms. The summed E-state index contributed by atoms with van der Waals surface area (Å²) in [5, 5.41) is 13.9. The number of halogens is 1. The second kappa shape index (κ2) is 6.14. The van der Waals surface area contributed by atoms with Gasteiger partial charge in [-0.05, 0) is 25.8 Å². The van der Waals surface area contributed by atoms with Gasteiger partial charge < -0.3 is 10.4 Å². The number of hydrogen-bond donors (Lipinski definition) is 2. The Labute approximate surface area is 121 Å². The summed E-state index contributed by atoms with van der Waals surface area (Å²) in [5.41, 5.74) is 1.82. The number of rotatable bonds is 3. The van der Waals surface area contributed by atoms with Gasteiger partial charge in [0.15, 0.2) is 0 Å². The first-order valence-corrected chi connectivity index (χ1v) is 7.50. The molecule has 1 saturated carbocycles. The van der Waals surface area contributed by atoms with Gasteiger partial charge in [-0.2, -0.15) is 0 Å². The van der Waals surface area contributed by atoms with Gasteiger partial charge in [0.2, 0.25) is 0 Å². The van der Waals surface area contributed by atoms with E-state index in [4.69, 9.17) is 11.6 Å². The van der Waals surface area contributed by atoms with E-state index in [0.717, 1.165) is 24.1 Å². The molecule has 2 rings (SSSR count). The summed E-state index contributed by atoms with van der Waals surface area (Å²) in [6, 6.07) is 1.82. The smallest absolute Gasteiger partial charge is 0.134 e. The lowest BCUT2D eigenvalue weighted by Crippen LogP contribution is -2.38.